The van der Waals surface area contributed by atoms with Gasteiger partial charge in [0.15, 0.2) is 0 Å². The largest absolute Gasteiger partial charge is 0.351 e. The standard InChI is InChI=1S/C23H26N4O/c28-23(21-13-7-8-14-24-21)25-15-20-17-27(16-18-9-3-1-4-10-18)26-22(20)19-11-5-2-6-12-19/h1-6,9-12,17,21,24H,7-8,13-16H2,(H,25,28). The lowest BCUT2D eigenvalue weighted by atomic mass is 10.0. The monoisotopic (exact) mass is 374 g/mol. The van der Waals surface area contributed by atoms with Gasteiger partial charge in [-0.05, 0) is 24.9 Å². The van der Waals surface area contributed by atoms with E-state index in [-0.39, 0.29) is 11.9 Å². The van der Waals surface area contributed by atoms with E-state index in [0.29, 0.717) is 13.1 Å². The number of carbonyl (C=O) groups is 1. The fraction of sp³-hybridized carbons (Fsp3) is 0.304. The normalized spacial score (nSPS) is 16.6. The summed E-state index contributed by atoms with van der Waals surface area (Å²) in [6.07, 6.45) is 5.21. The van der Waals surface area contributed by atoms with Crippen LogP contribution in [0, 0.1) is 0 Å². The third-order valence-electron chi connectivity index (χ3n) is 5.15. The van der Waals surface area contributed by atoms with Gasteiger partial charge in [-0.2, -0.15) is 5.10 Å². The molecule has 0 spiro atoms. The zero-order valence-corrected chi connectivity index (χ0v) is 16.0. The SMILES string of the molecule is O=C(NCc1cn(Cc2ccccc2)nc1-c1ccccc1)C1CCCCN1. The molecule has 1 fully saturated rings. The first kappa shape index (κ1) is 18.4. The van der Waals surface area contributed by atoms with Gasteiger partial charge in [0.05, 0.1) is 18.3 Å². The predicted molar refractivity (Wildman–Crippen MR) is 111 cm³/mol. The molecule has 4 rings (SSSR count). The van der Waals surface area contributed by atoms with Crippen molar-refractivity contribution in [3.8, 4) is 11.3 Å². The molecule has 2 heterocycles. The molecular weight excluding hydrogens is 348 g/mol. The molecule has 0 bridgehead atoms. The minimum Gasteiger partial charge on any atom is -0.351 e. The molecule has 1 atom stereocenters. The first-order valence-corrected chi connectivity index (χ1v) is 9.96. The third-order valence-corrected chi connectivity index (χ3v) is 5.15. The molecule has 1 aliphatic rings. The number of hydrogen-bond donors (Lipinski definition) is 2. The van der Waals surface area contributed by atoms with E-state index in [9.17, 15) is 4.79 Å². The maximum absolute atomic E-state index is 12.5. The van der Waals surface area contributed by atoms with Crippen molar-refractivity contribution < 1.29 is 4.79 Å². The van der Waals surface area contributed by atoms with Gasteiger partial charge in [-0.3, -0.25) is 9.48 Å². The lowest BCUT2D eigenvalue weighted by Crippen LogP contribution is -2.46. The molecule has 1 saturated heterocycles. The van der Waals surface area contributed by atoms with E-state index in [2.05, 4.69) is 34.9 Å². The second-order valence-electron chi connectivity index (χ2n) is 7.27. The summed E-state index contributed by atoms with van der Waals surface area (Å²) in [4.78, 5) is 12.5. The number of rotatable bonds is 6. The Kier molecular flexibility index (Phi) is 5.83. The average molecular weight is 374 g/mol. The first-order chi connectivity index (χ1) is 13.8. The van der Waals surface area contributed by atoms with E-state index >= 15 is 0 Å². The van der Waals surface area contributed by atoms with Crippen molar-refractivity contribution in [2.45, 2.75) is 38.4 Å². The van der Waals surface area contributed by atoms with Crippen molar-refractivity contribution >= 4 is 5.91 Å². The van der Waals surface area contributed by atoms with Gasteiger partial charge in [-0.1, -0.05) is 67.1 Å². The molecule has 1 aliphatic heterocycles. The number of carbonyl (C=O) groups excluding carboxylic acids is 1. The molecule has 0 aliphatic carbocycles. The summed E-state index contributed by atoms with van der Waals surface area (Å²) in [5.41, 5.74) is 4.22. The summed E-state index contributed by atoms with van der Waals surface area (Å²) >= 11 is 0. The molecule has 2 aromatic carbocycles. The van der Waals surface area contributed by atoms with Crippen LogP contribution < -0.4 is 10.6 Å². The smallest absolute Gasteiger partial charge is 0.237 e. The van der Waals surface area contributed by atoms with E-state index in [4.69, 9.17) is 5.10 Å². The van der Waals surface area contributed by atoms with Crippen molar-refractivity contribution in [3.63, 3.8) is 0 Å². The van der Waals surface area contributed by atoms with E-state index in [0.717, 1.165) is 42.6 Å². The van der Waals surface area contributed by atoms with Crippen molar-refractivity contribution in [3.05, 3.63) is 78.0 Å². The van der Waals surface area contributed by atoms with Crippen LogP contribution in [0.3, 0.4) is 0 Å². The van der Waals surface area contributed by atoms with E-state index in [1.54, 1.807) is 0 Å². The van der Waals surface area contributed by atoms with Gasteiger partial charge in [0.2, 0.25) is 5.91 Å². The lowest BCUT2D eigenvalue weighted by molar-refractivity contribution is -0.123. The Morgan fingerprint density at radius 1 is 1.07 bits per heavy atom. The van der Waals surface area contributed by atoms with Gasteiger partial charge < -0.3 is 10.6 Å². The number of piperidine rings is 1. The molecule has 0 saturated carbocycles. The topological polar surface area (TPSA) is 59.0 Å². The van der Waals surface area contributed by atoms with Crippen LogP contribution in [0.2, 0.25) is 0 Å². The molecule has 1 amide bonds. The molecule has 144 valence electrons. The molecule has 3 aromatic rings. The summed E-state index contributed by atoms with van der Waals surface area (Å²) in [7, 11) is 0. The second-order valence-corrected chi connectivity index (χ2v) is 7.27. The fourth-order valence-electron chi connectivity index (χ4n) is 3.66. The van der Waals surface area contributed by atoms with Crippen LogP contribution in [0.4, 0.5) is 0 Å². The molecule has 2 N–H and O–H groups in total. The highest BCUT2D eigenvalue weighted by Gasteiger charge is 2.21. The van der Waals surface area contributed by atoms with Gasteiger partial charge in [0, 0.05) is 23.9 Å². The van der Waals surface area contributed by atoms with Crippen LogP contribution in [-0.2, 0) is 17.9 Å². The van der Waals surface area contributed by atoms with Crippen molar-refractivity contribution in [2.75, 3.05) is 6.54 Å². The van der Waals surface area contributed by atoms with Crippen molar-refractivity contribution in [2.24, 2.45) is 0 Å². The Hall–Kier alpha value is -2.92. The number of benzene rings is 2. The van der Waals surface area contributed by atoms with Crippen LogP contribution in [0.15, 0.2) is 66.9 Å². The van der Waals surface area contributed by atoms with Crippen molar-refractivity contribution in [1.29, 1.82) is 0 Å². The fourth-order valence-corrected chi connectivity index (χ4v) is 3.66. The highest BCUT2D eigenvalue weighted by Crippen LogP contribution is 2.22. The van der Waals surface area contributed by atoms with E-state index < -0.39 is 0 Å². The number of aromatic nitrogens is 2. The Bertz CT molecular complexity index is 899. The third kappa shape index (κ3) is 4.49. The van der Waals surface area contributed by atoms with Crippen LogP contribution in [0.5, 0.6) is 0 Å². The summed E-state index contributed by atoms with van der Waals surface area (Å²) in [6.45, 7) is 2.11. The van der Waals surface area contributed by atoms with Crippen molar-refractivity contribution in [1.82, 2.24) is 20.4 Å². The highest BCUT2D eigenvalue weighted by molar-refractivity contribution is 5.82. The summed E-state index contributed by atoms with van der Waals surface area (Å²) < 4.78 is 1.96. The molecular formula is C23H26N4O. The molecule has 5 nitrogen and oxygen atoms in total. The Labute approximate surface area is 165 Å². The van der Waals surface area contributed by atoms with E-state index in [1.165, 1.54) is 5.56 Å². The maximum atomic E-state index is 12.5. The van der Waals surface area contributed by atoms with Crippen LogP contribution >= 0.6 is 0 Å². The minimum atomic E-state index is -0.0757. The van der Waals surface area contributed by atoms with Gasteiger partial charge in [0.1, 0.15) is 0 Å². The quantitative estimate of drug-likeness (QED) is 0.696. The zero-order chi connectivity index (χ0) is 19.2. The number of nitrogens with one attached hydrogen (secondary N) is 2. The average Bonchev–Trinajstić information content (AvgIpc) is 3.16. The molecule has 28 heavy (non-hydrogen) atoms. The van der Waals surface area contributed by atoms with Gasteiger partial charge in [-0.25, -0.2) is 0 Å². The Morgan fingerprint density at radius 3 is 2.54 bits per heavy atom. The molecule has 1 aromatic heterocycles. The van der Waals surface area contributed by atoms with Gasteiger partial charge in [0.25, 0.3) is 0 Å². The summed E-state index contributed by atoms with van der Waals surface area (Å²) in [6, 6.07) is 20.4. The summed E-state index contributed by atoms with van der Waals surface area (Å²) in [5, 5.41) is 11.2. The minimum absolute atomic E-state index is 0.0757. The van der Waals surface area contributed by atoms with Crippen LogP contribution in [0.25, 0.3) is 11.3 Å². The molecule has 1 unspecified atom stereocenters. The van der Waals surface area contributed by atoms with Gasteiger partial charge in [-0.15, -0.1) is 0 Å². The first-order valence-electron chi connectivity index (χ1n) is 9.96. The second kappa shape index (κ2) is 8.85. The van der Waals surface area contributed by atoms with E-state index in [1.807, 2.05) is 47.3 Å². The highest BCUT2D eigenvalue weighted by atomic mass is 16.2. The van der Waals surface area contributed by atoms with Crippen LogP contribution in [-0.4, -0.2) is 28.3 Å². The zero-order valence-electron chi connectivity index (χ0n) is 16.0. The lowest BCUT2D eigenvalue weighted by Gasteiger charge is -2.22. The number of amides is 1. The maximum Gasteiger partial charge on any atom is 0.237 e. The Balaban J connectivity index is 1.53. The number of hydrogen-bond acceptors (Lipinski definition) is 3. The predicted octanol–water partition coefficient (Wildman–Crippen LogP) is 3.36. The molecule has 0 radical (unpaired) electrons. The van der Waals surface area contributed by atoms with Crippen LogP contribution in [0.1, 0.15) is 30.4 Å². The Morgan fingerprint density at radius 2 is 1.82 bits per heavy atom. The summed E-state index contributed by atoms with van der Waals surface area (Å²) in [5.74, 6) is 0.0783. The van der Waals surface area contributed by atoms with Gasteiger partial charge >= 0.3 is 0 Å². The number of nitrogens with zero attached hydrogens (tertiary/aromatic N) is 2. The molecule has 5 heteroatoms.